The van der Waals surface area contributed by atoms with Gasteiger partial charge in [-0.05, 0) is 23.6 Å². The number of ether oxygens (including phenoxy) is 3. The molecule has 4 rings (SSSR count). The van der Waals surface area contributed by atoms with E-state index in [1.807, 2.05) is 95.9 Å². The third kappa shape index (κ3) is 17.8. The average molecular weight is 838 g/mol. The lowest BCUT2D eigenvalue weighted by atomic mass is 10.2. The monoisotopic (exact) mass is 836 g/mol. The largest absolute Gasteiger partial charge is 0.480 e. The number of rotatable bonds is 20. The molecule has 57 heavy (non-hydrogen) atoms. The van der Waals surface area contributed by atoms with Crippen LogP contribution in [0.5, 0.6) is 0 Å². The number of aliphatic hydroxyl groups excluding tert-OH is 1. The normalized spacial score (nSPS) is 17.4. The molecule has 0 radical (unpaired) electrons. The Morgan fingerprint density at radius 2 is 0.772 bits per heavy atom. The maximum absolute atomic E-state index is 12.9. The molecule has 0 saturated carbocycles. The standard InChI is InChI=1S/C41H56N4O10.2ClH/c1-32(46)25-42-17-19-43(36(39(47)48)29-53-26-33-11-5-2-6-12-33)21-23-45(38(41(51)52)31-55-28-35-15-9-4-10-16-35)24-22-44(20-18-42)37(40(49)50)30-54-27-34-13-7-3-8-14-34;;/h2-16,32,36-38,46H,17-31H2,1H3,(H,47,48)(H,49,50)(H,51,52);2*1H. The summed E-state index contributed by atoms with van der Waals surface area (Å²) in [7, 11) is 0. The highest BCUT2D eigenvalue weighted by Crippen LogP contribution is 2.14. The van der Waals surface area contributed by atoms with Gasteiger partial charge in [-0.25, -0.2) is 0 Å². The molecule has 1 heterocycles. The zero-order valence-corrected chi connectivity index (χ0v) is 34.1. The number of carboxylic acid groups (broad SMARTS) is 3. The second-order valence-corrected chi connectivity index (χ2v) is 13.8. The molecule has 1 aliphatic rings. The van der Waals surface area contributed by atoms with Gasteiger partial charge in [0.2, 0.25) is 0 Å². The number of benzene rings is 3. The van der Waals surface area contributed by atoms with Crippen molar-refractivity contribution >= 4 is 42.7 Å². The summed E-state index contributed by atoms with van der Waals surface area (Å²) in [6, 6.07) is 25.2. The first kappa shape index (κ1) is 49.5. The van der Waals surface area contributed by atoms with E-state index in [0.29, 0.717) is 13.1 Å². The van der Waals surface area contributed by atoms with E-state index in [0.717, 1.165) is 16.7 Å². The van der Waals surface area contributed by atoms with E-state index in [4.69, 9.17) is 14.2 Å². The van der Waals surface area contributed by atoms with Crippen molar-refractivity contribution in [3.63, 3.8) is 0 Å². The quantitative estimate of drug-likeness (QED) is 0.130. The van der Waals surface area contributed by atoms with Gasteiger partial charge in [0.25, 0.3) is 0 Å². The molecule has 0 bridgehead atoms. The molecule has 0 spiro atoms. The molecule has 1 saturated heterocycles. The molecule has 0 amide bonds. The fourth-order valence-electron chi connectivity index (χ4n) is 6.58. The zero-order valence-electron chi connectivity index (χ0n) is 32.4. The minimum absolute atomic E-state index is 0. The Labute approximate surface area is 347 Å². The van der Waals surface area contributed by atoms with Crippen LogP contribution in [0, 0.1) is 0 Å². The lowest BCUT2D eigenvalue weighted by molar-refractivity contribution is -0.150. The smallest absolute Gasteiger partial charge is 0.323 e. The third-order valence-electron chi connectivity index (χ3n) is 9.62. The van der Waals surface area contributed by atoms with Crippen LogP contribution < -0.4 is 0 Å². The van der Waals surface area contributed by atoms with Crippen molar-refractivity contribution < 1.29 is 49.0 Å². The van der Waals surface area contributed by atoms with Crippen LogP contribution in [0.2, 0.25) is 0 Å². The molecule has 1 aliphatic heterocycles. The molecule has 16 heteroatoms. The maximum Gasteiger partial charge on any atom is 0.323 e. The van der Waals surface area contributed by atoms with E-state index in [1.165, 1.54) is 0 Å². The van der Waals surface area contributed by atoms with E-state index < -0.39 is 42.1 Å². The fourth-order valence-corrected chi connectivity index (χ4v) is 6.58. The number of nitrogens with zero attached hydrogens (tertiary/aromatic N) is 4. The highest BCUT2D eigenvalue weighted by molar-refractivity contribution is 5.85. The van der Waals surface area contributed by atoms with Crippen LogP contribution in [-0.2, 0) is 48.4 Å². The van der Waals surface area contributed by atoms with Crippen molar-refractivity contribution in [3.05, 3.63) is 108 Å². The van der Waals surface area contributed by atoms with E-state index >= 15 is 0 Å². The predicted molar refractivity (Wildman–Crippen MR) is 220 cm³/mol. The Balaban J connectivity index is 0.00000561. The summed E-state index contributed by atoms with van der Waals surface area (Å²) in [6.45, 7) is 4.24. The van der Waals surface area contributed by atoms with Gasteiger partial charge in [-0.3, -0.25) is 34.0 Å². The minimum Gasteiger partial charge on any atom is -0.480 e. The summed E-state index contributed by atoms with van der Waals surface area (Å²) in [4.78, 5) is 45.7. The molecule has 4 atom stereocenters. The van der Waals surface area contributed by atoms with Crippen LogP contribution in [0.25, 0.3) is 0 Å². The molecule has 4 N–H and O–H groups in total. The predicted octanol–water partition coefficient (Wildman–Crippen LogP) is 3.44. The van der Waals surface area contributed by atoms with Gasteiger partial charge in [-0.2, -0.15) is 0 Å². The van der Waals surface area contributed by atoms with Gasteiger partial charge < -0.3 is 34.6 Å². The van der Waals surface area contributed by atoms with Crippen LogP contribution in [0.3, 0.4) is 0 Å². The second kappa shape index (κ2) is 27.1. The van der Waals surface area contributed by atoms with Crippen LogP contribution >= 0.6 is 24.8 Å². The Hall–Kier alpha value is -3.67. The highest BCUT2D eigenvalue weighted by Gasteiger charge is 2.33. The van der Waals surface area contributed by atoms with Crippen molar-refractivity contribution in [2.75, 3.05) is 78.7 Å². The summed E-state index contributed by atoms with van der Waals surface area (Å²) >= 11 is 0. The fraction of sp³-hybridized carbons (Fsp3) is 0.488. The van der Waals surface area contributed by atoms with Gasteiger partial charge in [0.15, 0.2) is 0 Å². The van der Waals surface area contributed by atoms with Crippen LogP contribution in [0.4, 0.5) is 0 Å². The Morgan fingerprint density at radius 1 is 0.509 bits per heavy atom. The molecule has 14 nitrogen and oxygen atoms in total. The number of aliphatic carboxylic acids is 3. The first-order valence-corrected chi connectivity index (χ1v) is 18.8. The van der Waals surface area contributed by atoms with E-state index in [1.54, 1.807) is 21.6 Å². The summed E-state index contributed by atoms with van der Waals surface area (Å²) in [5.74, 6) is -3.25. The molecule has 1 fully saturated rings. The highest BCUT2D eigenvalue weighted by atomic mass is 35.5. The van der Waals surface area contributed by atoms with Gasteiger partial charge in [0.1, 0.15) is 18.1 Å². The molecule has 0 aliphatic carbocycles. The van der Waals surface area contributed by atoms with E-state index in [9.17, 15) is 34.8 Å². The van der Waals surface area contributed by atoms with Gasteiger partial charge >= 0.3 is 17.9 Å². The minimum atomic E-state index is -1.11. The van der Waals surface area contributed by atoms with Crippen LogP contribution in [-0.4, -0.2) is 161 Å². The number of halogens is 2. The number of hydrogen-bond acceptors (Lipinski definition) is 11. The Morgan fingerprint density at radius 3 is 1.02 bits per heavy atom. The molecule has 3 aromatic carbocycles. The number of β-amino-alcohol motifs (C(OH)–C–C–N with tert-alkyl or cyclic N) is 1. The van der Waals surface area contributed by atoms with Crippen molar-refractivity contribution in [2.45, 2.75) is 51.0 Å². The van der Waals surface area contributed by atoms with Crippen molar-refractivity contribution in [2.24, 2.45) is 0 Å². The lowest BCUT2D eigenvalue weighted by Gasteiger charge is -2.38. The summed E-state index contributed by atoms with van der Waals surface area (Å²) in [5.41, 5.74) is 2.70. The lowest BCUT2D eigenvalue weighted by Crippen LogP contribution is -2.56. The van der Waals surface area contributed by atoms with Gasteiger partial charge in [0, 0.05) is 58.9 Å². The van der Waals surface area contributed by atoms with Gasteiger partial charge in [-0.15, -0.1) is 24.8 Å². The molecular weight excluding hydrogens is 779 g/mol. The van der Waals surface area contributed by atoms with Crippen molar-refractivity contribution in [3.8, 4) is 0 Å². The maximum atomic E-state index is 12.9. The molecule has 316 valence electrons. The summed E-state index contributed by atoms with van der Waals surface area (Å²) in [6.07, 6.45) is -0.688. The van der Waals surface area contributed by atoms with Gasteiger partial charge in [-0.1, -0.05) is 91.0 Å². The molecular formula is C41H58Cl2N4O10. The zero-order chi connectivity index (χ0) is 39.4. The number of carbonyl (C=O) groups is 3. The van der Waals surface area contributed by atoms with E-state index in [-0.39, 0.29) is 110 Å². The van der Waals surface area contributed by atoms with Gasteiger partial charge in [0.05, 0.1) is 45.7 Å². The number of aliphatic hydroxyl groups is 1. The molecule has 3 aromatic rings. The average Bonchev–Trinajstić information content (AvgIpc) is 3.16. The Kier molecular flexibility index (Phi) is 23.5. The van der Waals surface area contributed by atoms with Crippen molar-refractivity contribution in [1.29, 1.82) is 0 Å². The first-order valence-electron chi connectivity index (χ1n) is 18.8. The molecule has 0 aromatic heterocycles. The van der Waals surface area contributed by atoms with Crippen LogP contribution in [0.1, 0.15) is 23.6 Å². The number of carboxylic acids is 3. The first-order chi connectivity index (χ1) is 26.6. The summed E-state index contributed by atoms with van der Waals surface area (Å²) in [5, 5.41) is 41.7. The van der Waals surface area contributed by atoms with Crippen LogP contribution in [0.15, 0.2) is 91.0 Å². The van der Waals surface area contributed by atoms with Crippen molar-refractivity contribution in [1.82, 2.24) is 19.6 Å². The summed E-state index contributed by atoms with van der Waals surface area (Å²) < 4.78 is 17.8. The molecule has 4 unspecified atom stereocenters. The van der Waals surface area contributed by atoms with E-state index in [2.05, 4.69) is 0 Å². The number of hydrogen-bond donors (Lipinski definition) is 4. The SMILES string of the molecule is CC(O)CN1CCN(C(COCc2ccccc2)C(=O)O)CCN(C(COCc2ccccc2)C(=O)O)CCN(C(COCc2ccccc2)C(=O)O)CC1.Cl.Cl. The third-order valence-corrected chi connectivity index (χ3v) is 9.62. The second-order valence-electron chi connectivity index (χ2n) is 13.8. The Bertz CT molecular complexity index is 1490. The topological polar surface area (TPSA) is 173 Å².